The van der Waals surface area contributed by atoms with E-state index in [1.807, 2.05) is 6.92 Å². The van der Waals surface area contributed by atoms with Gasteiger partial charge in [-0.2, -0.15) is 0 Å². The number of morpholine rings is 1. The second-order valence-electron chi connectivity index (χ2n) is 3.92. The molecule has 2 N–H and O–H groups in total. The molecule has 1 rings (SSSR count). The van der Waals surface area contributed by atoms with Crippen molar-refractivity contribution in [3.8, 4) is 0 Å². The van der Waals surface area contributed by atoms with E-state index in [4.69, 9.17) is 9.84 Å². The van der Waals surface area contributed by atoms with E-state index in [0.717, 1.165) is 0 Å². The highest BCUT2D eigenvalue weighted by Gasteiger charge is 2.21. The number of nitrogens with zero attached hydrogens (tertiary/aromatic N) is 1. The molecule has 5 nitrogen and oxygen atoms in total. The normalized spacial score (nSPS) is 21.1. The Balaban J connectivity index is 2.30. The summed E-state index contributed by atoms with van der Waals surface area (Å²) in [5, 5.41) is 12.1. The number of ether oxygens (including phenoxy) is 1. The van der Waals surface area contributed by atoms with Gasteiger partial charge in [-0.25, -0.2) is 0 Å². The van der Waals surface area contributed by atoms with Crippen molar-refractivity contribution in [3.05, 3.63) is 0 Å². The molecule has 1 fully saturated rings. The van der Waals surface area contributed by atoms with Crippen LogP contribution in [-0.2, 0) is 9.53 Å². The predicted octanol–water partition coefficient (Wildman–Crippen LogP) is -0.796. The van der Waals surface area contributed by atoms with Gasteiger partial charge < -0.3 is 20.1 Å². The van der Waals surface area contributed by atoms with Gasteiger partial charge in [0.15, 0.2) is 0 Å². The summed E-state index contributed by atoms with van der Waals surface area (Å²) in [6, 6.07) is -0.238. The fourth-order valence-electron chi connectivity index (χ4n) is 1.49. The van der Waals surface area contributed by atoms with Crippen LogP contribution in [0.5, 0.6) is 0 Å². The maximum atomic E-state index is 11.8. The van der Waals surface area contributed by atoms with Gasteiger partial charge >= 0.3 is 0 Å². The summed E-state index contributed by atoms with van der Waals surface area (Å²) in [6.07, 6.45) is -0.426. The molecule has 0 radical (unpaired) electrons. The van der Waals surface area contributed by atoms with Crippen LogP contribution in [0, 0.1) is 0 Å². The van der Waals surface area contributed by atoms with Crippen molar-refractivity contribution in [2.24, 2.45) is 0 Å². The summed E-state index contributed by atoms with van der Waals surface area (Å²) >= 11 is 0. The minimum atomic E-state index is -0.426. The van der Waals surface area contributed by atoms with Crippen molar-refractivity contribution in [2.75, 3.05) is 32.8 Å². The lowest BCUT2D eigenvalue weighted by atomic mass is 10.2. The highest BCUT2D eigenvalue weighted by molar-refractivity contribution is 5.81. The van der Waals surface area contributed by atoms with E-state index in [1.54, 1.807) is 11.8 Å². The van der Waals surface area contributed by atoms with Gasteiger partial charge in [0.05, 0.1) is 25.4 Å². The van der Waals surface area contributed by atoms with E-state index >= 15 is 0 Å². The lowest BCUT2D eigenvalue weighted by Gasteiger charge is -2.29. The Labute approximate surface area is 90.4 Å². The highest BCUT2D eigenvalue weighted by Crippen LogP contribution is 2.00. The number of hydrogen-bond donors (Lipinski definition) is 2. The molecule has 1 saturated heterocycles. The number of carbonyl (C=O) groups is 1. The van der Waals surface area contributed by atoms with Crippen LogP contribution in [0.3, 0.4) is 0 Å². The van der Waals surface area contributed by atoms with Crippen LogP contribution in [-0.4, -0.2) is 60.9 Å². The fourth-order valence-corrected chi connectivity index (χ4v) is 1.49. The first-order valence-electron chi connectivity index (χ1n) is 5.39. The van der Waals surface area contributed by atoms with E-state index in [9.17, 15) is 4.79 Å². The molecule has 2 atom stereocenters. The van der Waals surface area contributed by atoms with Crippen molar-refractivity contribution in [2.45, 2.75) is 26.0 Å². The molecular weight excluding hydrogens is 196 g/mol. The summed E-state index contributed by atoms with van der Waals surface area (Å²) in [7, 11) is 0. The summed E-state index contributed by atoms with van der Waals surface area (Å²) < 4.78 is 5.17. The molecule has 5 heteroatoms. The third-order valence-corrected chi connectivity index (χ3v) is 2.41. The quantitative estimate of drug-likeness (QED) is 0.646. The van der Waals surface area contributed by atoms with Crippen molar-refractivity contribution in [3.63, 3.8) is 0 Å². The molecule has 0 aliphatic carbocycles. The van der Waals surface area contributed by atoms with Gasteiger partial charge in [0.2, 0.25) is 5.91 Å². The Bertz CT molecular complexity index is 203. The van der Waals surface area contributed by atoms with Crippen LogP contribution in [0.25, 0.3) is 0 Å². The van der Waals surface area contributed by atoms with Gasteiger partial charge in [-0.05, 0) is 13.8 Å². The molecule has 1 aliphatic rings. The fraction of sp³-hybridized carbons (Fsp3) is 0.900. The largest absolute Gasteiger partial charge is 0.392 e. The standard InChI is InChI=1S/C10H20N2O3/c1-8(13)7-11-9(2)10(14)12-3-5-15-6-4-12/h8-9,11,13H,3-7H2,1-2H3/t8-,9?/m1/s1. The lowest BCUT2D eigenvalue weighted by Crippen LogP contribution is -2.50. The van der Waals surface area contributed by atoms with Gasteiger partial charge in [0.1, 0.15) is 0 Å². The number of hydrogen-bond acceptors (Lipinski definition) is 4. The number of rotatable bonds is 4. The summed E-state index contributed by atoms with van der Waals surface area (Å²) in [5.41, 5.74) is 0. The van der Waals surface area contributed by atoms with Crippen molar-refractivity contribution < 1.29 is 14.6 Å². The predicted molar refractivity (Wildman–Crippen MR) is 56.5 cm³/mol. The smallest absolute Gasteiger partial charge is 0.239 e. The van der Waals surface area contributed by atoms with Crippen LogP contribution in [0.1, 0.15) is 13.8 Å². The molecule has 0 spiro atoms. The van der Waals surface area contributed by atoms with E-state index in [0.29, 0.717) is 32.8 Å². The van der Waals surface area contributed by atoms with Crippen LogP contribution >= 0.6 is 0 Å². The first-order valence-corrected chi connectivity index (χ1v) is 5.39. The van der Waals surface area contributed by atoms with Crippen molar-refractivity contribution in [1.29, 1.82) is 0 Å². The molecular formula is C10H20N2O3. The van der Waals surface area contributed by atoms with Gasteiger partial charge in [-0.15, -0.1) is 0 Å². The lowest BCUT2D eigenvalue weighted by molar-refractivity contribution is -0.137. The summed E-state index contributed by atoms with van der Waals surface area (Å²) in [6.45, 7) is 6.53. The molecule has 1 heterocycles. The molecule has 1 unspecified atom stereocenters. The third kappa shape index (κ3) is 4.15. The molecule has 0 saturated carbocycles. The average molecular weight is 216 g/mol. The van der Waals surface area contributed by atoms with Crippen LogP contribution < -0.4 is 5.32 Å². The van der Waals surface area contributed by atoms with E-state index in [1.165, 1.54) is 0 Å². The Kier molecular flexibility index (Phi) is 5.01. The SMILES string of the molecule is CC(NC[C@@H](C)O)C(=O)N1CCOCC1. The van der Waals surface area contributed by atoms with Gasteiger partial charge in [0.25, 0.3) is 0 Å². The monoisotopic (exact) mass is 216 g/mol. The van der Waals surface area contributed by atoms with E-state index < -0.39 is 6.10 Å². The summed E-state index contributed by atoms with van der Waals surface area (Å²) in [4.78, 5) is 13.6. The van der Waals surface area contributed by atoms with E-state index in [-0.39, 0.29) is 11.9 Å². The third-order valence-electron chi connectivity index (χ3n) is 2.41. The van der Waals surface area contributed by atoms with Crippen LogP contribution in [0.15, 0.2) is 0 Å². The topological polar surface area (TPSA) is 61.8 Å². The minimum Gasteiger partial charge on any atom is -0.392 e. The van der Waals surface area contributed by atoms with Gasteiger partial charge in [-0.3, -0.25) is 4.79 Å². The maximum Gasteiger partial charge on any atom is 0.239 e. The second-order valence-corrected chi connectivity index (χ2v) is 3.92. The molecule has 0 aromatic carbocycles. The highest BCUT2D eigenvalue weighted by atomic mass is 16.5. The molecule has 88 valence electrons. The second kappa shape index (κ2) is 6.05. The molecule has 0 aromatic rings. The van der Waals surface area contributed by atoms with Gasteiger partial charge in [-0.1, -0.05) is 0 Å². The first kappa shape index (κ1) is 12.4. The Hall–Kier alpha value is -0.650. The number of aliphatic hydroxyl groups is 1. The molecule has 0 bridgehead atoms. The van der Waals surface area contributed by atoms with Crippen LogP contribution in [0.2, 0.25) is 0 Å². The van der Waals surface area contributed by atoms with Crippen molar-refractivity contribution >= 4 is 5.91 Å². The zero-order valence-corrected chi connectivity index (χ0v) is 9.40. The molecule has 1 aliphatic heterocycles. The number of aliphatic hydroxyl groups excluding tert-OH is 1. The van der Waals surface area contributed by atoms with Gasteiger partial charge in [0, 0.05) is 19.6 Å². The number of amides is 1. The number of carbonyl (C=O) groups excluding carboxylic acids is 1. The Morgan fingerprint density at radius 1 is 1.47 bits per heavy atom. The Morgan fingerprint density at radius 2 is 2.07 bits per heavy atom. The first-order chi connectivity index (χ1) is 7.11. The average Bonchev–Trinajstić information content (AvgIpc) is 2.26. The van der Waals surface area contributed by atoms with Crippen molar-refractivity contribution in [1.82, 2.24) is 10.2 Å². The molecule has 0 aromatic heterocycles. The van der Waals surface area contributed by atoms with E-state index in [2.05, 4.69) is 5.32 Å². The maximum absolute atomic E-state index is 11.8. The van der Waals surface area contributed by atoms with Crippen LogP contribution in [0.4, 0.5) is 0 Å². The molecule has 15 heavy (non-hydrogen) atoms. The molecule has 1 amide bonds. The summed E-state index contributed by atoms with van der Waals surface area (Å²) in [5.74, 6) is 0.0824. The minimum absolute atomic E-state index is 0.0824. The Morgan fingerprint density at radius 3 is 2.60 bits per heavy atom. The zero-order chi connectivity index (χ0) is 11.3. The zero-order valence-electron chi connectivity index (χ0n) is 9.40. The number of nitrogens with one attached hydrogen (secondary N) is 1.